The van der Waals surface area contributed by atoms with Crippen molar-refractivity contribution in [2.24, 2.45) is 0 Å². The first-order chi connectivity index (χ1) is 9.66. The van der Waals surface area contributed by atoms with Gasteiger partial charge in [-0.2, -0.15) is 5.10 Å². The zero-order valence-corrected chi connectivity index (χ0v) is 11.8. The first kappa shape index (κ1) is 12.9. The van der Waals surface area contributed by atoms with Gasteiger partial charge in [-0.3, -0.25) is 9.67 Å². The van der Waals surface area contributed by atoms with Gasteiger partial charge in [-0.15, -0.1) is 0 Å². The summed E-state index contributed by atoms with van der Waals surface area (Å²) >= 11 is 11.2. The molecule has 6 heteroatoms. The fraction of sp³-hybridized carbons (Fsp3) is 0. The number of benzene rings is 2. The third kappa shape index (κ3) is 2.21. The summed E-state index contributed by atoms with van der Waals surface area (Å²) in [6.07, 6.45) is 0. The van der Waals surface area contributed by atoms with Crippen molar-refractivity contribution >= 4 is 23.8 Å². The number of halogens is 1. The molecule has 0 saturated carbocycles. The first-order valence-corrected chi connectivity index (χ1v) is 6.67. The minimum absolute atomic E-state index is 0.0378. The fourth-order valence-electron chi connectivity index (χ4n) is 1.95. The van der Waals surface area contributed by atoms with Crippen LogP contribution in [0.25, 0.3) is 17.1 Å². The summed E-state index contributed by atoms with van der Waals surface area (Å²) in [5.41, 5.74) is 1.68. The van der Waals surface area contributed by atoms with Gasteiger partial charge in [0, 0.05) is 11.3 Å². The Morgan fingerprint density at radius 1 is 1.15 bits per heavy atom. The van der Waals surface area contributed by atoms with E-state index in [0.29, 0.717) is 10.6 Å². The van der Waals surface area contributed by atoms with E-state index in [9.17, 15) is 5.11 Å². The maximum absolute atomic E-state index is 9.49. The molecule has 1 aromatic heterocycles. The molecule has 0 saturated heterocycles. The van der Waals surface area contributed by atoms with Gasteiger partial charge in [0.25, 0.3) is 0 Å². The summed E-state index contributed by atoms with van der Waals surface area (Å²) in [5, 5.41) is 16.8. The van der Waals surface area contributed by atoms with Crippen molar-refractivity contribution in [2.75, 3.05) is 0 Å². The molecule has 20 heavy (non-hydrogen) atoms. The number of aromatic amines is 1. The number of H-pyrrole nitrogens is 1. The molecule has 3 rings (SSSR count). The van der Waals surface area contributed by atoms with E-state index >= 15 is 0 Å². The van der Waals surface area contributed by atoms with E-state index in [1.807, 2.05) is 34.9 Å². The highest BCUT2D eigenvalue weighted by atomic mass is 35.5. The van der Waals surface area contributed by atoms with Crippen molar-refractivity contribution in [2.45, 2.75) is 0 Å². The van der Waals surface area contributed by atoms with E-state index in [4.69, 9.17) is 23.8 Å². The number of aromatic hydroxyl groups is 1. The highest BCUT2D eigenvalue weighted by Gasteiger charge is 2.11. The van der Waals surface area contributed by atoms with E-state index in [0.717, 1.165) is 11.3 Å². The molecule has 0 atom stereocenters. The molecule has 1 heterocycles. The molecule has 0 bridgehead atoms. The minimum Gasteiger partial charge on any atom is -0.506 e. The summed E-state index contributed by atoms with van der Waals surface area (Å²) in [6, 6.07) is 14.6. The van der Waals surface area contributed by atoms with Crippen LogP contribution in [0.2, 0.25) is 5.02 Å². The quantitative estimate of drug-likeness (QED) is 0.705. The molecule has 0 spiro atoms. The number of rotatable bonds is 2. The Hall–Kier alpha value is -2.11. The van der Waals surface area contributed by atoms with Gasteiger partial charge in [-0.25, -0.2) is 0 Å². The largest absolute Gasteiger partial charge is 0.506 e. The molecule has 0 aliphatic heterocycles. The van der Waals surface area contributed by atoms with Gasteiger partial charge in [0.15, 0.2) is 10.6 Å². The predicted molar refractivity (Wildman–Crippen MR) is 80.9 cm³/mol. The van der Waals surface area contributed by atoms with Crippen molar-refractivity contribution in [1.82, 2.24) is 14.8 Å². The summed E-state index contributed by atoms with van der Waals surface area (Å²) in [4.78, 5) is 0. The predicted octanol–water partition coefficient (Wildman–Crippen LogP) is 3.96. The number of para-hydroxylation sites is 1. The van der Waals surface area contributed by atoms with Crippen molar-refractivity contribution in [1.29, 1.82) is 0 Å². The molecular formula is C14H10ClN3OS. The van der Waals surface area contributed by atoms with Crippen LogP contribution in [-0.4, -0.2) is 19.9 Å². The van der Waals surface area contributed by atoms with Gasteiger partial charge in [-0.1, -0.05) is 29.8 Å². The zero-order chi connectivity index (χ0) is 14.1. The highest BCUT2D eigenvalue weighted by molar-refractivity contribution is 7.71. The molecule has 100 valence electrons. The Kier molecular flexibility index (Phi) is 3.30. The van der Waals surface area contributed by atoms with Crippen LogP contribution in [0.1, 0.15) is 0 Å². The maximum atomic E-state index is 9.49. The zero-order valence-electron chi connectivity index (χ0n) is 10.2. The van der Waals surface area contributed by atoms with Crippen LogP contribution in [0.15, 0.2) is 48.5 Å². The summed E-state index contributed by atoms with van der Waals surface area (Å²) in [5.74, 6) is 0.680. The van der Waals surface area contributed by atoms with Crippen LogP contribution >= 0.6 is 23.8 Å². The van der Waals surface area contributed by atoms with Gasteiger partial charge < -0.3 is 5.11 Å². The van der Waals surface area contributed by atoms with E-state index in [1.165, 1.54) is 6.07 Å². The molecule has 0 aliphatic rings. The van der Waals surface area contributed by atoms with Crippen molar-refractivity contribution in [3.05, 3.63) is 58.3 Å². The molecule has 2 N–H and O–H groups in total. The number of nitrogens with zero attached hydrogens (tertiary/aromatic N) is 2. The van der Waals surface area contributed by atoms with Gasteiger partial charge in [0.05, 0.1) is 5.02 Å². The number of hydrogen-bond acceptors (Lipinski definition) is 3. The SMILES string of the molecule is Oc1ccc(-c2n[nH]c(=S)n2-c2ccccc2)cc1Cl. The van der Waals surface area contributed by atoms with Crippen LogP contribution in [-0.2, 0) is 0 Å². The van der Waals surface area contributed by atoms with Gasteiger partial charge >= 0.3 is 0 Å². The molecule has 0 fully saturated rings. The van der Waals surface area contributed by atoms with Crippen LogP contribution in [0.3, 0.4) is 0 Å². The van der Waals surface area contributed by atoms with E-state index < -0.39 is 0 Å². The highest BCUT2D eigenvalue weighted by Crippen LogP contribution is 2.29. The molecule has 0 radical (unpaired) electrons. The maximum Gasteiger partial charge on any atom is 0.200 e. The molecule has 0 aliphatic carbocycles. The average Bonchev–Trinajstić information content (AvgIpc) is 2.85. The lowest BCUT2D eigenvalue weighted by Crippen LogP contribution is -1.97. The Balaban J connectivity index is 2.21. The van der Waals surface area contributed by atoms with Gasteiger partial charge in [0.2, 0.25) is 0 Å². The monoisotopic (exact) mass is 303 g/mol. The van der Waals surface area contributed by atoms with Crippen molar-refractivity contribution in [3.63, 3.8) is 0 Å². The van der Waals surface area contributed by atoms with E-state index in [1.54, 1.807) is 12.1 Å². The number of phenolic OH excluding ortho intramolecular Hbond substituents is 1. The Bertz CT molecular complexity index is 811. The minimum atomic E-state index is 0.0378. The lowest BCUT2D eigenvalue weighted by molar-refractivity contribution is 0.475. The Labute approximate surface area is 125 Å². The second-order valence-corrected chi connectivity index (χ2v) is 4.98. The second kappa shape index (κ2) is 5.11. The van der Waals surface area contributed by atoms with Crippen LogP contribution in [0, 0.1) is 4.77 Å². The fourth-order valence-corrected chi connectivity index (χ4v) is 2.37. The third-order valence-electron chi connectivity index (χ3n) is 2.89. The number of hydrogen-bond donors (Lipinski definition) is 2. The molecule has 0 unspecified atom stereocenters. The molecule has 4 nitrogen and oxygen atoms in total. The van der Waals surface area contributed by atoms with E-state index in [2.05, 4.69) is 10.2 Å². The number of phenols is 1. The standard InChI is InChI=1S/C14H10ClN3OS/c15-11-8-9(6-7-12(11)19)13-16-17-14(20)18(13)10-4-2-1-3-5-10/h1-8,19H,(H,17,20). The lowest BCUT2D eigenvalue weighted by Gasteiger charge is -2.07. The van der Waals surface area contributed by atoms with Gasteiger partial charge in [0.1, 0.15) is 5.75 Å². The van der Waals surface area contributed by atoms with Crippen LogP contribution in [0.4, 0.5) is 0 Å². The van der Waals surface area contributed by atoms with E-state index in [-0.39, 0.29) is 10.8 Å². The third-order valence-corrected chi connectivity index (χ3v) is 3.47. The van der Waals surface area contributed by atoms with Gasteiger partial charge in [-0.05, 0) is 42.5 Å². The van der Waals surface area contributed by atoms with Crippen LogP contribution in [0.5, 0.6) is 5.75 Å². The molecule has 2 aromatic carbocycles. The van der Waals surface area contributed by atoms with Crippen molar-refractivity contribution in [3.8, 4) is 22.8 Å². The topological polar surface area (TPSA) is 53.8 Å². The number of aromatic nitrogens is 3. The smallest absolute Gasteiger partial charge is 0.200 e. The first-order valence-electron chi connectivity index (χ1n) is 5.88. The van der Waals surface area contributed by atoms with Crippen LogP contribution < -0.4 is 0 Å². The molecular weight excluding hydrogens is 294 g/mol. The Morgan fingerprint density at radius 3 is 2.60 bits per heavy atom. The Morgan fingerprint density at radius 2 is 1.90 bits per heavy atom. The number of nitrogens with one attached hydrogen (secondary N) is 1. The second-order valence-electron chi connectivity index (χ2n) is 4.19. The molecule has 3 aromatic rings. The van der Waals surface area contributed by atoms with Crippen molar-refractivity contribution < 1.29 is 5.11 Å². The lowest BCUT2D eigenvalue weighted by atomic mass is 10.2. The summed E-state index contributed by atoms with van der Waals surface area (Å²) in [6.45, 7) is 0. The summed E-state index contributed by atoms with van der Waals surface area (Å²) < 4.78 is 2.31. The molecule has 0 amide bonds. The summed E-state index contributed by atoms with van der Waals surface area (Å²) in [7, 11) is 0. The normalized spacial score (nSPS) is 10.7. The average molecular weight is 304 g/mol.